The molecule has 0 aliphatic heterocycles. The van der Waals surface area contributed by atoms with Crippen LogP contribution in [0.4, 0.5) is 5.69 Å². The number of carboxylic acids is 1. The molecule has 1 aromatic carbocycles. The quantitative estimate of drug-likeness (QED) is 0.661. The van der Waals surface area contributed by atoms with Gasteiger partial charge in [-0.3, -0.25) is 9.59 Å². The molecule has 0 aliphatic rings. The lowest BCUT2D eigenvalue weighted by Gasteiger charge is -2.11. The molecule has 6 nitrogen and oxygen atoms in total. The van der Waals surface area contributed by atoms with E-state index >= 15 is 0 Å². The van der Waals surface area contributed by atoms with E-state index in [1.165, 1.54) is 17.4 Å². The smallest absolute Gasteiger partial charge is 0.336 e. The highest BCUT2D eigenvalue weighted by Gasteiger charge is 2.12. The van der Waals surface area contributed by atoms with Crippen molar-refractivity contribution in [1.29, 1.82) is 0 Å². The monoisotopic (exact) mass is 360 g/mol. The first kappa shape index (κ1) is 18.7. The fourth-order valence-corrected chi connectivity index (χ4v) is 3.01. The van der Waals surface area contributed by atoms with Crippen molar-refractivity contribution in [3.05, 3.63) is 51.2 Å². The number of amides is 2. The van der Waals surface area contributed by atoms with Crippen LogP contribution in [-0.2, 0) is 4.79 Å². The van der Waals surface area contributed by atoms with E-state index < -0.39 is 5.97 Å². The zero-order chi connectivity index (χ0) is 18.4. The maximum Gasteiger partial charge on any atom is 0.336 e. The van der Waals surface area contributed by atoms with Gasteiger partial charge in [-0.1, -0.05) is 6.07 Å². The summed E-state index contributed by atoms with van der Waals surface area (Å²) in [6.07, 6.45) is 0.734. The van der Waals surface area contributed by atoms with E-state index in [0.29, 0.717) is 29.8 Å². The summed E-state index contributed by atoms with van der Waals surface area (Å²) in [6.45, 7) is 3.93. The Balaban J connectivity index is 1.83. The number of rotatable bonds is 7. The molecule has 0 saturated heterocycles. The summed E-state index contributed by atoms with van der Waals surface area (Å²) in [7, 11) is 0. The highest BCUT2D eigenvalue weighted by Crippen LogP contribution is 2.21. The lowest BCUT2D eigenvalue weighted by Crippen LogP contribution is -2.25. The van der Waals surface area contributed by atoms with E-state index in [1.807, 2.05) is 12.3 Å². The molecule has 25 heavy (non-hydrogen) atoms. The van der Waals surface area contributed by atoms with Crippen LogP contribution in [0.15, 0.2) is 29.0 Å². The largest absolute Gasteiger partial charge is 0.478 e. The summed E-state index contributed by atoms with van der Waals surface area (Å²) < 4.78 is 0. The van der Waals surface area contributed by atoms with Gasteiger partial charge in [0.25, 0.3) is 5.91 Å². The van der Waals surface area contributed by atoms with E-state index in [4.69, 9.17) is 5.11 Å². The lowest BCUT2D eigenvalue weighted by molar-refractivity contribution is -0.116. The average molecular weight is 360 g/mol. The Labute approximate surface area is 149 Å². The number of carboxylic acid groups (broad SMARTS) is 1. The van der Waals surface area contributed by atoms with E-state index in [-0.39, 0.29) is 23.8 Å². The molecule has 2 amide bonds. The van der Waals surface area contributed by atoms with Gasteiger partial charge in [-0.15, -0.1) is 0 Å². The minimum Gasteiger partial charge on any atom is -0.478 e. The van der Waals surface area contributed by atoms with Gasteiger partial charge < -0.3 is 15.7 Å². The Hall–Kier alpha value is -2.67. The zero-order valence-electron chi connectivity index (χ0n) is 14.1. The molecule has 0 aliphatic carbocycles. The third-order valence-electron chi connectivity index (χ3n) is 3.73. The molecule has 1 heterocycles. The van der Waals surface area contributed by atoms with Crippen molar-refractivity contribution in [3.8, 4) is 0 Å². The fourth-order valence-electron chi connectivity index (χ4n) is 2.38. The molecule has 0 fully saturated rings. The van der Waals surface area contributed by atoms with Crippen molar-refractivity contribution in [3.63, 3.8) is 0 Å². The predicted molar refractivity (Wildman–Crippen MR) is 97.4 cm³/mol. The second-order valence-corrected chi connectivity index (χ2v) is 6.49. The third-order valence-corrected chi connectivity index (χ3v) is 4.41. The number of hydrogen-bond donors (Lipinski definition) is 3. The predicted octanol–water partition coefficient (Wildman–Crippen LogP) is 3.21. The Morgan fingerprint density at radius 3 is 2.56 bits per heavy atom. The van der Waals surface area contributed by atoms with Gasteiger partial charge in [-0.25, -0.2) is 4.79 Å². The van der Waals surface area contributed by atoms with Crippen LogP contribution >= 0.6 is 11.3 Å². The second-order valence-electron chi connectivity index (χ2n) is 5.71. The highest BCUT2D eigenvalue weighted by molar-refractivity contribution is 7.08. The topological polar surface area (TPSA) is 95.5 Å². The van der Waals surface area contributed by atoms with E-state index in [2.05, 4.69) is 10.6 Å². The second kappa shape index (κ2) is 8.43. The van der Waals surface area contributed by atoms with Crippen molar-refractivity contribution in [1.82, 2.24) is 5.32 Å². The normalized spacial score (nSPS) is 10.3. The minimum atomic E-state index is -1.02. The van der Waals surface area contributed by atoms with Gasteiger partial charge in [0.05, 0.1) is 5.56 Å². The van der Waals surface area contributed by atoms with Crippen LogP contribution in [-0.4, -0.2) is 29.4 Å². The summed E-state index contributed by atoms with van der Waals surface area (Å²) in [4.78, 5) is 35.0. The van der Waals surface area contributed by atoms with Gasteiger partial charge in [0.15, 0.2) is 0 Å². The number of carbonyl (C=O) groups excluding carboxylic acids is 2. The van der Waals surface area contributed by atoms with Crippen LogP contribution < -0.4 is 10.6 Å². The number of aryl methyl sites for hydroxylation is 2. The maximum atomic E-state index is 12.0. The van der Waals surface area contributed by atoms with Gasteiger partial charge in [-0.2, -0.15) is 11.3 Å². The molecule has 2 rings (SSSR count). The SMILES string of the molecule is Cc1cc(C)c(C(=O)O)cc1NC(=O)CCCNC(=O)c1ccsc1. The molecule has 1 aromatic heterocycles. The Kier molecular flexibility index (Phi) is 6.30. The molecule has 0 atom stereocenters. The van der Waals surface area contributed by atoms with Crippen LogP contribution in [0.25, 0.3) is 0 Å². The van der Waals surface area contributed by atoms with Crippen molar-refractivity contribution >= 4 is 34.8 Å². The van der Waals surface area contributed by atoms with Gasteiger partial charge in [0, 0.05) is 29.6 Å². The Bertz CT molecular complexity index is 785. The van der Waals surface area contributed by atoms with E-state index in [0.717, 1.165) is 5.56 Å². The number of carbonyl (C=O) groups is 3. The minimum absolute atomic E-state index is 0.151. The van der Waals surface area contributed by atoms with Gasteiger partial charge >= 0.3 is 5.97 Å². The number of thiophene rings is 1. The standard InChI is InChI=1S/C18H20N2O4S/c1-11-8-12(2)15(9-14(11)18(23)24)20-16(21)4-3-6-19-17(22)13-5-7-25-10-13/h5,7-10H,3-4,6H2,1-2H3,(H,19,22)(H,20,21)(H,23,24). The number of aromatic carboxylic acids is 1. The highest BCUT2D eigenvalue weighted by atomic mass is 32.1. The molecular formula is C18H20N2O4S. The molecule has 0 radical (unpaired) electrons. The van der Waals surface area contributed by atoms with Crippen LogP contribution in [0.5, 0.6) is 0 Å². The molecule has 0 bridgehead atoms. The Morgan fingerprint density at radius 1 is 1.16 bits per heavy atom. The van der Waals surface area contributed by atoms with Gasteiger partial charge in [0.1, 0.15) is 0 Å². The van der Waals surface area contributed by atoms with Gasteiger partial charge in [-0.05, 0) is 48.9 Å². The molecular weight excluding hydrogens is 340 g/mol. The lowest BCUT2D eigenvalue weighted by atomic mass is 10.0. The maximum absolute atomic E-state index is 12.0. The van der Waals surface area contributed by atoms with Crippen molar-refractivity contribution in [2.45, 2.75) is 26.7 Å². The third kappa shape index (κ3) is 5.15. The van der Waals surface area contributed by atoms with Crippen LogP contribution in [0.3, 0.4) is 0 Å². The van der Waals surface area contributed by atoms with Crippen LogP contribution in [0.1, 0.15) is 44.7 Å². The van der Waals surface area contributed by atoms with Crippen LogP contribution in [0.2, 0.25) is 0 Å². The summed E-state index contributed by atoms with van der Waals surface area (Å²) in [5, 5.41) is 18.3. The number of anilines is 1. The summed E-state index contributed by atoms with van der Waals surface area (Å²) in [6, 6.07) is 4.95. The van der Waals surface area contributed by atoms with Gasteiger partial charge in [0.2, 0.25) is 5.91 Å². The van der Waals surface area contributed by atoms with E-state index in [1.54, 1.807) is 24.4 Å². The first-order valence-corrected chi connectivity index (χ1v) is 8.77. The number of nitrogens with one attached hydrogen (secondary N) is 2. The van der Waals surface area contributed by atoms with Crippen molar-refractivity contribution in [2.75, 3.05) is 11.9 Å². The zero-order valence-corrected chi connectivity index (χ0v) is 14.9. The van der Waals surface area contributed by atoms with E-state index in [9.17, 15) is 14.4 Å². The fraction of sp³-hybridized carbons (Fsp3) is 0.278. The molecule has 0 spiro atoms. The molecule has 132 valence electrons. The molecule has 3 N–H and O–H groups in total. The molecule has 0 saturated carbocycles. The average Bonchev–Trinajstić information content (AvgIpc) is 3.08. The summed E-state index contributed by atoms with van der Waals surface area (Å²) in [5.41, 5.74) is 2.74. The summed E-state index contributed by atoms with van der Waals surface area (Å²) >= 11 is 1.45. The molecule has 0 unspecified atom stereocenters. The van der Waals surface area contributed by atoms with Crippen LogP contribution in [0, 0.1) is 13.8 Å². The Morgan fingerprint density at radius 2 is 1.92 bits per heavy atom. The van der Waals surface area contributed by atoms with Crippen molar-refractivity contribution < 1.29 is 19.5 Å². The summed E-state index contributed by atoms with van der Waals surface area (Å²) in [5.74, 6) is -1.39. The number of benzene rings is 1. The van der Waals surface area contributed by atoms with Crippen molar-refractivity contribution in [2.24, 2.45) is 0 Å². The first-order valence-electron chi connectivity index (χ1n) is 7.83. The molecule has 7 heteroatoms. The number of hydrogen-bond acceptors (Lipinski definition) is 4. The molecule has 2 aromatic rings. The first-order chi connectivity index (χ1) is 11.9.